The number of hydrogen-bond acceptors (Lipinski definition) is 4. The highest BCUT2D eigenvalue weighted by molar-refractivity contribution is 5.98. The highest BCUT2D eigenvalue weighted by Gasteiger charge is 2.75. The number of esters is 1. The summed E-state index contributed by atoms with van der Waals surface area (Å²) in [6.07, 6.45) is 10.5. The van der Waals surface area contributed by atoms with Gasteiger partial charge in [0.15, 0.2) is 5.76 Å². The Morgan fingerprint density at radius 3 is 2.21 bits per heavy atom. The minimum Gasteiger partial charge on any atom is -0.505 e. The summed E-state index contributed by atoms with van der Waals surface area (Å²) < 4.78 is 6.24. The Morgan fingerprint density at radius 2 is 1.50 bits per heavy atom. The van der Waals surface area contributed by atoms with Crippen LogP contribution in [-0.2, 0) is 14.3 Å². The molecule has 0 aromatic carbocycles. The molecule has 1 N–H and O–H groups in total. The third-order valence-electron chi connectivity index (χ3n) is 13.4. The zero-order valence-electron chi connectivity index (χ0n) is 22.3. The van der Waals surface area contributed by atoms with Crippen LogP contribution in [-0.4, -0.2) is 23.0 Å². The fourth-order valence-electron chi connectivity index (χ4n) is 11.3. The minimum absolute atomic E-state index is 0.0195. The first-order valence-electron chi connectivity index (χ1n) is 13.8. The smallest absolute Gasteiger partial charge is 0.312 e. The second-order valence-electron chi connectivity index (χ2n) is 15.1. The third-order valence-corrected chi connectivity index (χ3v) is 13.4. The normalized spacial score (nSPS) is 54.7. The molecule has 4 saturated carbocycles. The predicted molar refractivity (Wildman–Crippen MR) is 131 cm³/mol. The molecule has 2 bridgehead atoms. The molecule has 0 radical (unpaired) electrons. The topological polar surface area (TPSA) is 63.6 Å². The SMILES string of the molecule is CC1(C)CCC23CC[C@]4(C)C(CCC5[C@@]6(C)C=C(O)C(=O)C(C)(C)C6CC[C@]54C)C2C1OC3=O. The first kappa shape index (κ1) is 23.1. The maximum absolute atomic E-state index is 13.3. The molecule has 5 aliphatic carbocycles. The van der Waals surface area contributed by atoms with Gasteiger partial charge in [-0.2, -0.15) is 0 Å². The van der Waals surface area contributed by atoms with Crippen LogP contribution in [0.4, 0.5) is 0 Å². The zero-order chi connectivity index (χ0) is 24.7. The van der Waals surface area contributed by atoms with Gasteiger partial charge in [-0.05, 0) is 91.4 Å². The van der Waals surface area contributed by atoms with Crippen molar-refractivity contribution in [2.24, 2.45) is 56.2 Å². The van der Waals surface area contributed by atoms with Gasteiger partial charge in [0.05, 0.1) is 5.41 Å². The Hall–Kier alpha value is -1.32. The van der Waals surface area contributed by atoms with E-state index in [-0.39, 0.29) is 56.6 Å². The standard InChI is InChI=1S/C30H44O4/c1-25(2)12-14-30-15-13-28(6)17(21(30)23(25)34-24(30)33)8-9-20-27(5)16-18(31)22(32)26(3,4)19(27)10-11-29(20,28)7/h16-17,19-21,23,31H,8-15H2,1-7H3/t17?,19?,20?,21?,23?,27-,28+,29+,30?/m0/s1. The Morgan fingerprint density at radius 1 is 0.824 bits per heavy atom. The number of carbonyl (C=O) groups is 2. The molecular formula is C30H44O4. The number of Topliss-reactive ketones (excluding diaryl/α,β-unsaturated/α-hetero) is 1. The highest BCUT2D eigenvalue weighted by atomic mass is 16.6. The summed E-state index contributed by atoms with van der Waals surface area (Å²) in [6, 6.07) is 0. The molecule has 6 rings (SSSR count). The van der Waals surface area contributed by atoms with Gasteiger partial charge in [-0.1, -0.05) is 48.5 Å². The van der Waals surface area contributed by atoms with E-state index in [1.165, 1.54) is 0 Å². The Balaban J connectivity index is 1.45. The number of aliphatic hydroxyl groups excluding tert-OH is 1. The van der Waals surface area contributed by atoms with Gasteiger partial charge in [0, 0.05) is 16.7 Å². The summed E-state index contributed by atoms with van der Waals surface area (Å²) in [6.45, 7) is 16.1. The van der Waals surface area contributed by atoms with Gasteiger partial charge in [-0.15, -0.1) is 0 Å². The molecule has 6 unspecified atom stereocenters. The molecule has 1 saturated heterocycles. The van der Waals surface area contributed by atoms with Crippen molar-refractivity contribution in [1.29, 1.82) is 0 Å². The van der Waals surface area contributed by atoms with Crippen molar-refractivity contribution in [3.8, 4) is 0 Å². The van der Waals surface area contributed by atoms with Gasteiger partial charge < -0.3 is 9.84 Å². The minimum atomic E-state index is -0.532. The molecule has 6 aliphatic rings. The molecule has 0 amide bonds. The molecule has 0 spiro atoms. The van der Waals surface area contributed by atoms with Crippen LogP contribution in [0.2, 0.25) is 0 Å². The molecule has 1 aliphatic heterocycles. The van der Waals surface area contributed by atoms with E-state index < -0.39 is 5.41 Å². The fraction of sp³-hybridized carbons (Fsp3) is 0.867. The van der Waals surface area contributed by atoms with Gasteiger partial charge >= 0.3 is 5.97 Å². The maximum atomic E-state index is 13.3. The van der Waals surface area contributed by atoms with E-state index in [1.807, 2.05) is 19.9 Å². The average molecular weight is 469 g/mol. The van der Waals surface area contributed by atoms with Crippen LogP contribution in [0.25, 0.3) is 0 Å². The first-order valence-corrected chi connectivity index (χ1v) is 13.8. The van der Waals surface area contributed by atoms with Crippen LogP contribution in [0.5, 0.6) is 0 Å². The lowest BCUT2D eigenvalue weighted by Crippen LogP contribution is -2.67. The average Bonchev–Trinajstić information content (AvgIpc) is 3.00. The van der Waals surface area contributed by atoms with E-state index in [9.17, 15) is 14.7 Å². The van der Waals surface area contributed by atoms with Gasteiger partial charge in [-0.25, -0.2) is 0 Å². The van der Waals surface area contributed by atoms with Crippen LogP contribution < -0.4 is 0 Å². The maximum Gasteiger partial charge on any atom is 0.312 e. The van der Waals surface area contributed by atoms with Gasteiger partial charge in [-0.3, -0.25) is 9.59 Å². The lowest BCUT2D eigenvalue weighted by Gasteiger charge is -2.71. The number of aliphatic hydroxyl groups is 1. The fourth-order valence-corrected chi connectivity index (χ4v) is 11.3. The highest BCUT2D eigenvalue weighted by Crippen LogP contribution is 2.77. The van der Waals surface area contributed by atoms with E-state index in [2.05, 4.69) is 34.6 Å². The van der Waals surface area contributed by atoms with Crippen LogP contribution in [0.15, 0.2) is 11.8 Å². The lowest BCUT2D eigenvalue weighted by molar-refractivity contribution is -0.227. The Bertz CT molecular complexity index is 1010. The number of allylic oxidation sites excluding steroid dienone is 2. The van der Waals surface area contributed by atoms with Crippen LogP contribution in [0.1, 0.15) is 99.8 Å². The van der Waals surface area contributed by atoms with E-state index in [1.54, 1.807) is 0 Å². The van der Waals surface area contributed by atoms with Crippen molar-refractivity contribution in [1.82, 2.24) is 0 Å². The third kappa shape index (κ3) is 2.33. The number of fused-ring (bicyclic) bond motifs is 5. The van der Waals surface area contributed by atoms with E-state index in [0.29, 0.717) is 17.8 Å². The molecular weight excluding hydrogens is 424 g/mol. The molecule has 188 valence electrons. The number of hydrogen-bond donors (Lipinski definition) is 1. The van der Waals surface area contributed by atoms with E-state index >= 15 is 0 Å². The monoisotopic (exact) mass is 468 g/mol. The molecule has 4 heteroatoms. The van der Waals surface area contributed by atoms with Crippen LogP contribution in [0, 0.1) is 56.2 Å². The molecule has 34 heavy (non-hydrogen) atoms. The molecule has 0 aromatic heterocycles. The number of ketones is 1. The van der Waals surface area contributed by atoms with Crippen molar-refractivity contribution in [3.05, 3.63) is 11.8 Å². The van der Waals surface area contributed by atoms with Crippen molar-refractivity contribution in [2.45, 2.75) is 106 Å². The predicted octanol–water partition coefficient (Wildman–Crippen LogP) is 6.63. The van der Waals surface area contributed by atoms with Gasteiger partial charge in [0.25, 0.3) is 0 Å². The van der Waals surface area contributed by atoms with Crippen LogP contribution >= 0.6 is 0 Å². The quantitative estimate of drug-likeness (QED) is 0.405. The zero-order valence-corrected chi connectivity index (χ0v) is 22.3. The number of carbonyl (C=O) groups excluding carboxylic acids is 2. The van der Waals surface area contributed by atoms with Crippen molar-refractivity contribution in [2.75, 3.05) is 0 Å². The molecule has 0 aromatic rings. The second kappa shape index (κ2) is 6.32. The molecule has 5 fully saturated rings. The molecule has 9 atom stereocenters. The summed E-state index contributed by atoms with van der Waals surface area (Å²) in [7, 11) is 0. The summed E-state index contributed by atoms with van der Waals surface area (Å²) in [4.78, 5) is 26.3. The van der Waals surface area contributed by atoms with E-state index in [4.69, 9.17) is 4.74 Å². The van der Waals surface area contributed by atoms with Crippen LogP contribution in [0.3, 0.4) is 0 Å². The van der Waals surface area contributed by atoms with Crippen molar-refractivity contribution in [3.63, 3.8) is 0 Å². The largest absolute Gasteiger partial charge is 0.505 e. The Kier molecular flexibility index (Phi) is 4.30. The number of ether oxygens (including phenoxy) is 1. The summed E-state index contributed by atoms with van der Waals surface area (Å²) in [5.74, 6) is 1.50. The summed E-state index contributed by atoms with van der Waals surface area (Å²) in [5, 5.41) is 10.8. The lowest BCUT2D eigenvalue weighted by atomic mass is 9.32. The molecule has 4 nitrogen and oxygen atoms in total. The number of rotatable bonds is 0. The van der Waals surface area contributed by atoms with Crippen molar-refractivity contribution < 1.29 is 19.4 Å². The van der Waals surface area contributed by atoms with E-state index in [0.717, 1.165) is 51.4 Å². The van der Waals surface area contributed by atoms with Gasteiger partial charge in [0.2, 0.25) is 5.78 Å². The van der Waals surface area contributed by atoms with Crippen molar-refractivity contribution >= 4 is 11.8 Å². The molecule has 1 heterocycles. The first-order chi connectivity index (χ1) is 15.7. The van der Waals surface area contributed by atoms with Gasteiger partial charge in [0.1, 0.15) is 6.10 Å². The second-order valence-corrected chi connectivity index (χ2v) is 15.1. The summed E-state index contributed by atoms with van der Waals surface area (Å²) >= 11 is 0. The Labute approximate surface area is 205 Å². The summed E-state index contributed by atoms with van der Waals surface area (Å²) in [5.41, 5.74) is -0.688.